The van der Waals surface area contributed by atoms with Crippen molar-refractivity contribution < 1.29 is 9.53 Å². The Morgan fingerprint density at radius 1 is 1.10 bits per heavy atom. The number of hydrogen-bond donors (Lipinski definition) is 0. The van der Waals surface area contributed by atoms with Crippen LogP contribution in [0.25, 0.3) is 11.8 Å². The lowest BCUT2D eigenvalue weighted by molar-refractivity contribution is -0.138. The fraction of sp³-hybridized carbons (Fsp3) is 0.258. The van der Waals surface area contributed by atoms with Crippen LogP contribution >= 0.6 is 22.7 Å². The molecule has 1 saturated heterocycles. The van der Waals surface area contributed by atoms with Crippen LogP contribution < -0.4 is 19.8 Å². The van der Waals surface area contributed by atoms with Gasteiger partial charge in [0.15, 0.2) is 4.80 Å². The van der Waals surface area contributed by atoms with Gasteiger partial charge >= 0.3 is 5.97 Å². The minimum Gasteiger partial charge on any atom is -0.463 e. The van der Waals surface area contributed by atoms with Gasteiger partial charge in [-0.05, 0) is 67.5 Å². The van der Waals surface area contributed by atoms with E-state index in [1.165, 1.54) is 41.2 Å². The molecule has 6 nitrogen and oxygen atoms in total. The number of rotatable bonds is 6. The zero-order valence-electron chi connectivity index (χ0n) is 21.9. The fourth-order valence-electron chi connectivity index (χ4n) is 5.29. The molecule has 2 aliphatic heterocycles. The average molecular weight is 556 g/mol. The lowest BCUT2D eigenvalue weighted by Gasteiger charge is -2.24. The Hall–Kier alpha value is -3.75. The first-order chi connectivity index (χ1) is 19.0. The van der Waals surface area contributed by atoms with Crippen molar-refractivity contribution in [3.63, 3.8) is 0 Å². The van der Waals surface area contributed by atoms with E-state index in [-0.39, 0.29) is 12.2 Å². The maximum atomic E-state index is 14.0. The third-order valence-electron chi connectivity index (χ3n) is 7.20. The van der Waals surface area contributed by atoms with Crippen LogP contribution in [-0.4, -0.2) is 30.2 Å². The Morgan fingerprint density at radius 3 is 2.59 bits per heavy atom. The standard InChI is InChI=1S/C31H29N3O3S2/c1-3-37-30(36)26-27(21-10-5-4-6-11-21)32-31-34(28(26)24-12-9-17-38-24)29(35)25(39-31)19-22-13-14-23(18-20(22)2)33-15-7-8-16-33/h4-6,9-14,17-19,28H,3,7-8,15-16H2,1-2H3/b25-19+/t28-/m0/s1. The molecule has 6 rings (SSSR count). The van der Waals surface area contributed by atoms with Gasteiger partial charge in [0, 0.05) is 29.2 Å². The first-order valence-corrected chi connectivity index (χ1v) is 14.9. The number of fused-ring (bicyclic) bond motifs is 1. The summed E-state index contributed by atoms with van der Waals surface area (Å²) in [5.74, 6) is -0.457. The van der Waals surface area contributed by atoms with Crippen molar-refractivity contribution in [2.24, 2.45) is 4.99 Å². The van der Waals surface area contributed by atoms with Crippen molar-refractivity contribution in [3.05, 3.63) is 113 Å². The predicted octanol–water partition coefficient (Wildman–Crippen LogP) is 4.91. The first kappa shape index (κ1) is 25.5. The number of thiophene rings is 1. The summed E-state index contributed by atoms with van der Waals surface area (Å²) < 4.78 is 7.76. The van der Waals surface area contributed by atoms with E-state index in [1.807, 2.05) is 53.9 Å². The van der Waals surface area contributed by atoms with Crippen LogP contribution in [0, 0.1) is 6.92 Å². The molecule has 2 aromatic heterocycles. The Morgan fingerprint density at radius 2 is 1.90 bits per heavy atom. The highest BCUT2D eigenvalue weighted by atomic mass is 32.1. The van der Waals surface area contributed by atoms with Crippen LogP contribution in [0.2, 0.25) is 0 Å². The second kappa shape index (κ2) is 10.8. The summed E-state index contributed by atoms with van der Waals surface area (Å²) in [5, 5.41) is 1.96. The Bertz CT molecular complexity index is 1730. The summed E-state index contributed by atoms with van der Waals surface area (Å²) in [6.07, 6.45) is 4.41. The van der Waals surface area contributed by atoms with E-state index in [9.17, 15) is 9.59 Å². The number of esters is 1. The van der Waals surface area contributed by atoms with Gasteiger partial charge in [-0.2, -0.15) is 0 Å². The zero-order chi connectivity index (χ0) is 26.9. The summed E-state index contributed by atoms with van der Waals surface area (Å²) in [6, 6.07) is 19.4. The number of anilines is 1. The van der Waals surface area contributed by atoms with Crippen LogP contribution in [0.1, 0.15) is 47.4 Å². The van der Waals surface area contributed by atoms with E-state index < -0.39 is 12.0 Å². The number of thiazole rings is 1. The maximum Gasteiger partial charge on any atom is 0.338 e. The molecule has 0 amide bonds. The van der Waals surface area contributed by atoms with Crippen LogP contribution in [-0.2, 0) is 9.53 Å². The molecular formula is C31H29N3O3S2. The molecule has 8 heteroatoms. The minimum absolute atomic E-state index is 0.158. The van der Waals surface area contributed by atoms with Crippen molar-refractivity contribution in [2.45, 2.75) is 32.7 Å². The minimum atomic E-state index is -0.615. The second-order valence-corrected chi connectivity index (χ2v) is 11.7. The van der Waals surface area contributed by atoms with Gasteiger partial charge in [-0.1, -0.05) is 53.8 Å². The van der Waals surface area contributed by atoms with E-state index in [0.717, 1.165) is 34.7 Å². The van der Waals surface area contributed by atoms with Crippen molar-refractivity contribution in [1.29, 1.82) is 0 Å². The summed E-state index contributed by atoms with van der Waals surface area (Å²) in [5.41, 5.74) is 4.94. The molecule has 198 valence electrons. The van der Waals surface area contributed by atoms with Crippen molar-refractivity contribution in [3.8, 4) is 0 Å². The van der Waals surface area contributed by atoms with Crippen LogP contribution in [0.4, 0.5) is 5.69 Å². The molecule has 4 heterocycles. The van der Waals surface area contributed by atoms with Gasteiger partial charge in [0.1, 0.15) is 6.04 Å². The average Bonchev–Trinajstić information content (AvgIpc) is 3.73. The highest BCUT2D eigenvalue weighted by Gasteiger charge is 2.35. The monoisotopic (exact) mass is 555 g/mol. The normalized spacial score (nSPS) is 17.3. The number of nitrogens with zero attached hydrogens (tertiary/aromatic N) is 3. The van der Waals surface area contributed by atoms with Gasteiger partial charge < -0.3 is 9.64 Å². The van der Waals surface area contributed by atoms with Gasteiger partial charge in [0.2, 0.25) is 0 Å². The third kappa shape index (κ3) is 4.79. The third-order valence-corrected chi connectivity index (χ3v) is 9.11. The van der Waals surface area contributed by atoms with E-state index >= 15 is 0 Å². The summed E-state index contributed by atoms with van der Waals surface area (Å²) >= 11 is 2.87. The van der Waals surface area contributed by atoms with E-state index in [2.05, 4.69) is 30.0 Å². The molecule has 0 unspecified atom stereocenters. The lowest BCUT2D eigenvalue weighted by Crippen LogP contribution is -2.39. The molecule has 1 fully saturated rings. The second-order valence-electron chi connectivity index (χ2n) is 9.68. The molecule has 1 atom stereocenters. The van der Waals surface area contributed by atoms with E-state index in [0.29, 0.717) is 20.6 Å². The van der Waals surface area contributed by atoms with Gasteiger partial charge in [-0.15, -0.1) is 11.3 Å². The summed E-state index contributed by atoms with van der Waals surface area (Å²) in [4.78, 5) is 36.2. The van der Waals surface area contributed by atoms with Crippen molar-refractivity contribution >= 4 is 46.1 Å². The topological polar surface area (TPSA) is 63.9 Å². The molecule has 0 N–H and O–H groups in total. The number of aryl methyl sites for hydroxylation is 1. The molecule has 0 aliphatic carbocycles. The van der Waals surface area contributed by atoms with Gasteiger partial charge in [0.05, 0.1) is 22.4 Å². The molecule has 0 bridgehead atoms. The molecule has 2 aliphatic rings. The SMILES string of the molecule is CCOC(=O)C1=C(c2ccccc2)N=c2s/c(=C/c3ccc(N4CCCC4)cc3C)c(=O)n2[C@H]1c1cccs1. The largest absolute Gasteiger partial charge is 0.463 e. The first-order valence-electron chi connectivity index (χ1n) is 13.2. The fourth-order valence-corrected chi connectivity index (χ4v) is 7.11. The molecule has 0 saturated carbocycles. The Labute approximate surface area is 234 Å². The number of hydrogen-bond acceptors (Lipinski definition) is 7. The smallest absolute Gasteiger partial charge is 0.338 e. The maximum absolute atomic E-state index is 14.0. The lowest BCUT2D eigenvalue weighted by atomic mass is 9.97. The van der Waals surface area contributed by atoms with Crippen LogP contribution in [0.15, 0.2) is 81.4 Å². The number of benzene rings is 2. The van der Waals surface area contributed by atoms with Gasteiger partial charge in [-0.3, -0.25) is 9.36 Å². The summed E-state index contributed by atoms with van der Waals surface area (Å²) in [6.45, 7) is 6.29. The molecule has 0 spiro atoms. The molecule has 0 radical (unpaired) electrons. The zero-order valence-corrected chi connectivity index (χ0v) is 23.6. The van der Waals surface area contributed by atoms with Gasteiger partial charge in [0.25, 0.3) is 5.56 Å². The number of aromatic nitrogens is 1. The van der Waals surface area contributed by atoms with Gasteiger partial charge in [-0.25, -0.2) is 9.79 Å². The Kier molecular flexibility index (Phi) is 7.06. The summed E-state index contributed by atoms with van der Waals surface area (Å²) in [7, 11) is 0. The van der Waals surface area contributed by atoms with Crippen LogP contribution in [0.3, 0.4) is 0 Å². The highest BCUT2D eigenvalue weighted by molar-refractivity contribution is 7.10. The van der Waals surface area contributed by atoms with E-state index in [4.69, 9.17) is 9.73 Å². The predicted molar refractivity (Wildman–Crippen MR) is 158 cm³/mol. The van der Waals surface area contributed by atoms with Crippen LogP contribution in [0.5, 0.6) is 0 Å². The van der Waals surface area contributed by atoms with E-state index in [1.54, 1.807) is 11.5 Å². The van der Waals surface area contributed by atoms with Crippen molar-refractivity contribution in [1.82, 2.24) is 4.57 Å². The number of carbonyl (C=O) groups excluding carboxylic acids is 1. The molecule has 39 heavy (non-hydrogen) atoms. The molecule has 4 aromatic rings. The highest BCUT2D eigenvalue weighted by Crippen LogP contribution is 2.36. The van der Waals surface area contributed by atoms with Crippen molar-refractivity contribution in [2.75, 3.05) is 24.6 Å². The quantitative estimate of drug-likeness (QED) is 0.318. The number of ether oxygens (including phenoxy) is 1. The Balaban J connectivity index is 1.54. The molecular weight excluding hydrogens is 526 g/mol. The number of carbonyl (C=O) groups is 1. The molecule has 2 aromatic carbocycles.